The normalized spacial score (nSPS) is 11.7. The standard InChI is InChI=1S/C21H22N4O2S/c1-14(20(27)24-18-11-9-17(10-12-18)23-15(2)26)28-21-22-13-19(25(21)3)16-7-5-4-6-8-16/h4-14H,1-3H3,(H,23,26)(H,24,27)/t14-/m1/s1. The molecule has 0 aliphatic rings. The molecule has 0 radical (unpaired) electrons. The number of thioether (sulfide) groups is 1. The van der Waals surface area contributed by atoms with E-state index in [-0.39, 0.29) is 17.1 Å². The van der Waals surface area contributed by atoms with Crippen LogP contribution in [-0.2, 0) is 16.6 Å². The van der Waals surface area contributed by atoms with Crippen LogP contribution in [0.25, 0.3) is 11.3 Å². The van der Waals surface area contributed by atoms with E-state index in [1.54, 1.807) is 24.3 Å². The average Bonchev–Trinajstić information content (AvgIpc) is 3.04. The smallest absolute Gasteiger partial charge is 0.237 e. The molecule has 3 rings (SSSR count). The van der Waals surface area contributed by atoms with Crippen molar-refractivity contribution in [3.8, 4) is 11.3 Å². The summed E-state index contributed by atoms with van der Waals surface area (Å²) in [5, 5.41) is 6.05. The molecule has 0 bridgehead atoms. The number of nitrogens with one attached hydrogen (secondary N) is 2. The first kappa shape index (κ1) is 19.7. The maximum Gasteiger partial charge on any atom is 0.237 e. The lowest BCUT2D eigenvalue weighted by Gasteiger charge is -2.13. The van der Waals surface area contributed by atoms with Crippen molar-refractivity contribution in [1.82, 2.24) is 9.55 Å². The Morgan fingerprint density at radius 1 is 1.00 bits per heavy atom. The van der Waals surface area contributed by atoms with E-state index in [0.29, 0.717) is 11.4 Å². The summed E-state index contributed by atoms with van der Waals surface area (Å²) >= 11 is 1.41. The number of hydrogen-bond donors (Lipinski definition) is 2. The molecule has 144 valence electrons. The lowest BCUT2D eigenvalue weighted by atomic mass is 10.2. The van der Waals surface area contributed by atoms with Crippen molar-refractivity contribution in [1.29, 1.82) is 0 Å². The zero-order valence-corrected chi connectivity index (χ0v) is 16.8. The summed E-state index contributed by atoms with van der Waals surface area (Å²) in [7, 11) is 1.95. The molecule has 1 atom stereocenters. The molecular formula is C21H22N4O2S. The number of hydrogen-bond acceptors (Lipinski definition) is 4. The van der Waals surface area contributed by atoms with E-state index in [4.69, 9.17) is 0 Å². The molecule has 0 unspecified atom stereocenters. The molecule has 0 spiro atoms. The van der Waals surface area contributed by atoms with Gasteiger partial charge in [-0.25, -0.2) is 4.98 Å². The van der Waals surface area contributed by atoms with Crippen LogP contribution in [0.4, 0.5) is 11.4 Å². The largest absolute Gasteiger partial charge is 0.326 e. The van der Waals surface area contributed by atoms with Crippen molar-refractivity contribution in [2.45, 2.75) is 24.3 Å². The SMILES string of the molecule is CC(=O)Nc1ccc(NC(=O)[C@@H](C)Sc2ncc(-c3ccccc3)n2C)cc1. The van der Waals surface area contributed by atoms with Gasteiger partial charge in [-0.3, -0.25) is 9.59 Å². The minimum absolute atomic E-state index is 0.110. The summed E-state index contributed by atoms with van der Waals surface area (Å²) in [6.45, 7) is 3.30. The van der Waals surface area contributed by atoms with Crippen LogP contribution in [0, 0.1) is 0 Å². The van der Waals surface area contributed by atoms with Crippen LogP contribution in [0.3, 0.4) is 0 Å². The average molecular weight is 395 g/mol. The van der Waals surface area contributed by atoms with Gasteiger partial charge in [-0.15, -0.1) is 0 Å². The van der Waals surface area contributed by atoms with Crippen molar-refractivity contribution in [2.75, 3.05) is 10.6 Å². The van der Waals surface area contributed by atoms with Gasteiger partial charge in [0.15, 0.2) is 5.16 Å². The number of rotatable bonds is 6. The lowest BCUT2D eigenvalue weighted by molar-refractivity contribution is -0.115. The van der Waals surface area contributed by atoms with Gasteiger partial charge in [0.25, 0.3) is 0 Å². The number of anilines is 2. The molecule has 0 saturated heterocycles. The molecule has 1 heterocycles. The van der Waals surface area contributed by atoms with E-state index >= 15 is 0 Å². The Hall–Kier alpha value is -3.06. The number of imidazole rings is 1. The van der Waals surface area contributed by atoms with Gasteiger partial charge in [0.1, 0.15) is 0 Å². The minimum atomic E-state index is -0.320. The summed E-state index contributed by atoms with van der Waals surface area (Å²) in [6, 6.07) is 17.0. The van der Waals surface area contributed by atoms with Gasteiger partial charge in [0, 0.05) is 25.3 Å². The predicted molar refractivity (Wildman–Crippen MR) is 113 cm³/mol. The number of nitrogens with zero attached hydrogens (tertiary/aromatic N) is 2. The Bertz CT molecular complexity index is 968. The number of amides is 2. The van der Waals surface area contributed by atoms with Gasteiger partial charge in [-0.2, -0.15) is 0 Å². The molecule has 2 aromatic carbocycles. The Balaban J connectivity index is 1.63. The van der Waals surface area contributed by atoms with E-state index in [1.165, 1.54) is 18.7 Å². The summed E-state index contributed by atoms with van der Waals surface area (Å²) < 4.78 is 1.99. The highest BCUT2D eigenvalue weighted by Gasteiger charge is 2.18. The molecule has 0 aliphatic carbocycles. The Morgan fingerprint density at radius 2 is 1.61 bits per heavy atom. The van der Waals surface area contributed by atoms with E-state index in [2.05, 4.69) is 15.6 Å². The van der Waals surface area contributed by atoms with Crippen LogP contribution in [0.15, 0.2) is 66.0 Å². The third kappa shape index (κ3) is 4.80. The van der Waals surface area contributed by atoms with E-state index in [0.717, 1.165) is 16.4 Å². The minimum Gasteiger partial charge on any atom is -0.326 e. The second-order valence-corrected chi connectivity index (χ2v) is 7.67. The van der Waals surface area contributed by atoms with Gasteiger partial charge >= 0.3 is 0 Å². The number of aromatic nitrogens is 2. The molecule has 2 amide bonds. The third-order valence-corrected chi connectivity index (χ3v) is 5.30. The Labute approximate surface area is 168 Å². The first-order valence-corrected chi connectivity index (χ1v) is 9.74. The first-order chi connectivity index (χ1) is 13.4. The highest BCUT2D eigenvalue weighted by Crippen LogP contribution is 2.28. The number of benzene rings is 2. The molecule has 1 aromatic heterocycles. The number of carbonyl (C=O) groups excluding carboxylic acids is 2. The molecule has 28 heavy (non-hydrogen) atoms. The fourth-order valence-electron chi connectivity index (χ4n) is 2.67. The molecule has 0 aliphatic heterocycles. The van der Waals surface area contributed by atoms with E-state index < -0.39 is 0 Å². The quantitative estimate of drug-likeness (QED) is 0.616. The van der Waals surface area contributed by atoms with E-state index in [9.17, 15) is 9.59 Å². The van der Waals surface area contributed by atoms with Gasteiger partial charge in [-0.1, -0.05) is 42.1 Å². The maximum absolute atomic E-state index is 12.5. The molecule has 7 heteroatoms. The Morgan fingerprint density at radius 3 is 2.21 bits per heavy atom. The Kier molecular flexibility index (Phi) is 6.16. The monoisotopic (exact) mass is 394 g/mol. The molecular weight excluding hydrogens is 372 g/mol. The van der Waals surface area contributed by atoms with Crippen molar-refractivity contribution < 1.29 is 9.59 Å². The van der Waals surface area contributed by atoms with Crippen molar-refractivity contribution in [2.24, 2.45) is 7.05 Å². The lowest BCUT2D eigenvalue weighted by Crippen LogP contribution is -2.22. The van der Waals surface area contributed by atoms with Gasteiger partial charge in [0.05, 0.1) is 17.1 Å². The van der Waals surface area contributed by atoms with Gasteiger partial charge < -0.3 is 15.2 Å². The molecule has 0 fully saturated rings. The summed E-state index contributed by atoms with van der Waals surface area (Å²) in [4.78, 5) is 28.1. The fraction of sp³-hybridized carbons (Fsp3) is 0.190. The van der Waals surface area contributed by atoms with Gasteiger partial charge in [-0.05, 0) is 36.8 Å². The predicted octanol–water partition coefficient (Wildman–Crippen LogP) is 4.16. The fourth-order valence-corrected chi connectivity index (χ4v) is 3.53. The second kappa shape index (κ2) is 8.75. The number of carbonyl (C=O) groups is 2. The van der Waals surface area contributed by atoms with Crippen LogP contribution in [0.5, 0.6) is 0 Å². The van der Waals surface area contributed by atoms with Gasteiger partial charge in [0.2, 0.25) is 11.8 Å². The van der Waals surface area contributed by atoms with Crippen LogP contribution < -0.4 is 10.6 Å². The van der Waals surface area contributed by atoms with Crippen LogP contribution in [0.1, 0.15) is 13.8 Å². The van der Waals surface area contributed by atoms with Crippen LogP contribution in [0.2, 0.25) is 0 Å². The topological polar surface area (TPSA) is 76.0 Å². The van der Waals surface area contributed by atoms with E-state index in [1.807, 2.05) is 55.1 Å². The zero-order valence-electron chi connectivity index (χ0n) is 16.0. The first-order valence-electron chi connectivity index (χ1n) is 8.86. The highest BCUT2D eigenvalue weighted by atomic mass is 32.2. The molecule has 2 N–H and O–H groups in total. The zero-order chi connectivity index (χ0) is 20.1. The van der Waals surface area contributed by atoms with Crippen molar-refractivity contribution in [3.63, 3.8) is 0 Å². The molecule has 6 nitrogen and oxygen atoms in total. The summed E-state index contributed by atoms with van der Waals surface area (Å²) in [6.07, 6.45) is 1.82. The van der Waals surface area contributed by atoms with Crippen LogP contribution >= 0.6 is 11.8 Å². The second-order valence-electron chi connectivity index (χ2n) is 6.36. The third-order valence-electron chi connectivity index (χ3n) is 4.14. The van der Waals surface area contributed by atoms with Crippen molar-refractivity contribution in [3.05, 3.63) is 60.8 Å². The summed E-state index contributed by atoms with van der Waals surface area (Å²) in [5.74, 6) is -0.242. The summed E-state index contributed by atoms with van der Waals surface area (Å²) in [5.41, 5.74) is 3.45. The molecule has 0 saturated carbocycles. The van der Waals surface area contributed by atoms with Crippen LogP contribution in [-0.4, -0.2) is 26.6 Å². The highest BCUT2D eigenvalue weighted by molar-refractivity contribution is 8.00. The van der Waals surface area contributed by atoms with Crippen molar-refractivity contribution >= 4 is 35.0 Å². The molecule has 3 aromatic rings. The maximum atomic E-state index is 12.5.